The molecule has 182 valence electrons. The zero-order chi connectivity index (χ0) is 25.2. The zero-order valence-corrected chi connectivity index (χ0v) is 19.4. The van der Waals surface area contributed by atoms with Crippen LogP contribution in [0, 0.1) is 6.92 Å². The number of carbonyl (C=O) groups excluding carboxylic acids is 1. The number of nitrogens with zero attached hydrogens (tertiary/aromatic N) is 1. The molecule has 35 heavy (non-hydrogen) atoms. The Hall–Kier alpha value is -3.45. The molecule has 1 heterocycles. The highest BCUT2D eigenvalue weighted by molar-refractivity contribution is 5.77. The fourth-order valence-corrected chi connectivity index (χ4v) is 5.16. The standard InChI is InChI=1S/C28H26F3NO3/c1-19-6-2-4-8-23(19)27-24-9-5-3-7-21(24)16-17-32(27,25(33)14-15-26(34)35)18-20-10-12-22(13-11-20)28(29,30)31/h2-13,27H,14-18H2,1H3/p+1. The number of alkyl halides is 3. The van der Waals surface area contributed by atoms with Gasteiger partial charge in [-0.25, -0.2) is 9.28 Å². The van der Waals surface area contributed by atoms with E-state index in [1.165, 1.54) is 12.1 Å². The van der Waals surface area contributed by atoms with Gasteiger partial charge in [0.15, 0.2) is 0 Å². The van der Waals surface area contributed by atoms with Crippen molar-refractivity contribution in [1.82, 2.24) is 0 Å². The summed E-state index contributed by atoms with van der Waals surface area (Å²) in [5.41, 5.74) is 3.91. The molecule has 0 aromatic heterocycles. The molecule has 2 unspecified atom stereocenters. The van der Waals surface area contributed by atoms with Gasteiger partial charge in [0.25, 0.3) is 0 Å². The molecule has 0 saturated heterocycles. The minimum Gasteiger partial charge on any atom is -0.481 e. The molecule has 4 nitrogen and oxygen atoms in total. The summed E-state index contributed by atoms with van der Waals surface area (Å²) in [7, 11) is 0. The van der Waals surface area contributed by atoms with Crippen LogP contribution in [-0.4, -0.2) is 28.0 Å². The second kappa shape index (κ2) is 9.66. The number of benzene rings is 3. The molecule has 2 atom stereocenters. The van der Waals surface area contributed by atoms with E-state index in [4.69, 9.17) is 0 Å². The number of aryl methyl sites for hydroxylation is 1. The van der Waals surface area contributed by atoms with Crippen molar-refractivity contribution in [3.63, 3.8) is 0 Å². The van der Waals surface area contributed by atoms with E-state index in [2.05, 4.69) is 0 Å². The Balaban J connectivity index is 1.87. The number of carboxylic acid groups (broad SMARTS) is 1. The van der Waals surface area contributed by atoms with Gasteiger partial charge in [-0.3, -0.25) is 4.79 Å². The van der Waals surface area contributed by atoms with Crippen molar-refractivity contribution in [2.45, 2.75) is 44.9 Å². The predicted octanol–water partition coefficient (Wildman–Crippen LogP) is 6.07. The van der Waals surface area contributed by atoms with Gasteiger partial charge in [-0.1, -0.05) is 60.7 Å². The molecule has 1 N–H and O–H groups in total. The lowest BCUT2D eigenvalue weighted by atomic mass is 9.83. The van der Waals surface area contributed by atoms with Crippen LogP contribution in [0.3, 0.4) is 0 Å². The normalized spacial score (nSPS) is 19.7. The summed E-state index contributed by atoms with van der Waals surface area (Å²) in [6.45, 7) is 2.57. The third-order valence-corrected chi connectivity index (χ3v) is 6.90. The second-order valence-corrected chi connectivity index (χ2v) is 9.11. The Bertz CT molecular complexity index is 1240. The fourth-order valence-electron chi connectivity index (χ4n) is 5.16. The zero-order valence-electron chi connectivity index (χ0n) is 19.4. The number of hydrogen-bond donors (Lipinski definition) is 1. The molecule has 0 saturated carbocycles. The van der Waals surface area contributed by atoms with Gasteiger partial charge in [0, 0.05) is 23.1 Å². The van der Waals surface area contributed by atoms with Crippen molar-refractivity contribution >= 4 is 11.9 Å². The van der Waals surface area contributed by atoms with Gasteiger partial charge in [-0.2, -0.15) is 13.2 Å². The third-order valence-electron chi connectivity index (χ3n) is 6.90. The van der Waals surface area contributed by atoms with Crippen LogP contribution in [0.15, 0.2) is 72.8 Å². The molecular weight excluding hydrogens is 455 g/mol. The largest absolute Gasteiger partial charge is 0.481 e. The first-order valence-electron chi connectivity index (χ1n) is 11.5. The highest BCUT2D eigenvalue weighted by Crippen LogP contribution is 2.44. The van der Waals surface area contributed by atoms with Crippen LogP contribution in [0.2, 0.25) is 0 Å². The van der Waals surface area contributed by atoms with E-state index in [9.17, 15) is 27.9 Å². The molecule has 0 spiro atoms. The number of carbonyl (C=O) groups is 2. The molecule has 4 rings (SSSR count). The van der Waals surface area contributed by atoms with Gasteiger partial charge in [0.05, 0.1) is 24.9 Å². The molecule has 3 aromatic rings. The van der Waals surface area contributed by atoms with Gasteiger partial charge in [-0.05, 0) is 30.2 Å². The minimum atomic E-state index is -4.45. The van der Waals surface area contributed by atoms with E-state index in [0.29, 0.717) is 18.5 Å². The van der Waals surface area contributed by atoms with Gasteiger partial charge in [0.1, 0.15) is 12.6 Å². The lowest BCUT2D eigenvalue weighted by molar-refractivity contribution is -0.895. The van der Waals surface area contributed by atoms with Crippen molar-refractivity contribution in [1.29, 1.82) is 0 Å². The van der Waals surface area contributed by atoms with Gasteiger partial charge in [0.2, 0.25) is 0 Å². The summed E-state index contributed by atoms with van der Waals surface area (Å²) in [6.07, 6.45) is -4.29. The number of hydrogen-bond acceptors (Lipinski definition) is 2. The van der Waals surface area contributed by atoms with Gasteiger partial charge < -0.3 is 5.11 Å². The number of halogens is 3. The number of rotatable bonds is 6. The van der Waals surface area contributed by atoms with Crippen molar-refractivity contribution < 1.29 is 32.3 Å². The maximum absolute atomic E-state index is 13.9. The first-order chi connectivity index (χ1) is 16.6. The second-order valence-electron chi connectivity index (χ2n) is 9.11. The average Bonchev–Trinajstić information content (AvgIpc) is 2.82. The van der Waals surface area contributed by atoms with Crippen LogP contribution in [0.4, 0.5) is 13.2 Å². The summed E-state index contributed by atoms with van der Waals surface area (Å²) in [5.74, 6) is -1.29. The Labute approximate surface area is 202 Å². The molecule has 0 fully saturated rings. The predicted molar refractivity (Wildman–Crippen MR) is 125 cm³/mol. The quantitative estimate of drug-likeness (QED) is 0.434. The molecule has 1 amide bonds. The minimum absolute atomic E-state index is 0.0689. The van der Waals surface area contributed by atoms with Crippen molar-refractivity contribution in [3.05, 3.63) is 106 Å². The highest BCUT2D eigenvalue weighted by Gasteiger charge is 2.49. The number of amides is 1. The van der Waals surface area contributed by atoms with Gasteiger partial charge in [-0.15, -0.1) is 0 Å². The van der Waals surface area contributed by atoms with Crippen LogP contribution >= 0.6 is 0 Å². The van der Waals surface area contributed by atoms with E-state index in [1.54, 1.807) is 0 Å². The summed E-state index contributed by atoms with van der Waals surface area (Å²) in [4.78, 5) is 25.2. The molecule has 3 aromatic carbocycles. The third kappa shape index (κ3) is 5.00. The van der Waals surface area contributed by atoms with Crippen LogP contribution in [-0.2, 0) is 28.7 Å². The Morgan fingerprint density at radius 3 is 2.17 bits per heavy atom. The molecule has 7 heteroatoms. The topological polar surface area (TPSA) is 54.4 Å². The lowest BCUT2D eigenvalue weighted by Crippen LogP contribution is -2.58. The van der Waals surface area contributed by atoms with Crippen LogP contribution in [0.25, 0.3) is 0 Å². The van der Waals surface area contributed by atoms with Crippen LogP contribution in [0.1, 0.15) is 52.3 Å². The SMILES string of the molecule is Cc1ccccc1C1c2ccccc2CC[N+]1(Cc1ccc(C(F)(F)F)cc1)C(=O)CCC(=O)O. The van der Waals surface area contributed by atoms with Crippen molar-refractivity contribution in [2.75, 3.05) is 6.54 Å². The van der Waals surface area contributed by atoms with Crippen LogP contribution in [0.5, 0.6) is 0 Å². The Morgan fingerprint density at radius 1 is 0.914 bits per heavy atom. The highest BCUT2D eigenvalue weighted by atomic mass is 19.4. The maximum Gasteiger partial charge on any atom is 0.416 e. The lowest BCUT2D eigenvalue weighted by Gasteiger charge is -2.47. The van der Waals surface area contributed by atoms with E-state index >= 15 is 0 Å². The molecule has 1 aliphatic rings. The van der Waals surface area contributed by atoms with Crippen LogP contribution < -0.4 is 0 Å². The number of fused-ring (bicyclic) bond motifs is 1. The summed E-state index contributed by atoms with van der Waals surface area (Å²) in [5, 5.41) is 9.26. The fraction of sp³-hybridized carbons (Fsp3) is 0.286. The Morgan fingerprint density at radius 2 is 1.54 bits per heavy atom. The Kier molecular flexibility index (Phi) is 6.81. The first kappa shape index (κ1) is 24.7. The van der Waals surface area contributed by atoms with Crippen molar-refractivity contribution in [2.24, 2.45) is 0 Å². The van der Waals surface area contributed by atoms with E-state index in [1.807, 2.05) is 55.5 Å². The number of carboxylic acids is 1. The summed E-state index contributed by atoms with van der Waals surface area (Å²) < 4.78 is 39.3. The van der Waals surface area contributed by atoms with E-state index < -0.39 is 23.8 Å². The smallest absolute Gasteiger partial charge is 0.416 e. The summed E-state index contributed by atoms with van der Waals surface area (Å²) in [6, 6.07) is 20.2. The molecule has 0 aliphatic carbocycles. The van der Waals surface area contributed by atoms with Gasteiger partial charge >= 0.3 is 18.1 Å². The molecular formula is C28H27F3NO3+. The maximum atomic E-state index is 13.9. The molecule has 1 aliphatic heterocycles. The average molecular weight is 483 g/mol. The summed E-state index contributed by atoms with van der Waals surface area (Å²) >= 11 is 0. The van der Waals surface area contributed by atoms with Crippen molar-refractivity contribution in [3.8, 4) is 0 Å². The first-order valence-corrected chi connectivity index (χ1v) is 11.5. The number of aliphatic carboxylic acids is 1. The number of quaternary nitrogens is 1. The molecule has 0 radical (unpaired) electrons. The monoisotopic (exact) mass is 482 g/mol. The van der Waals surface area contributed by atoms with E-state index in [-0.39, 0.29) is 29.8 Å². The molecule has 0 bridgehead atoms. The van der Waals surface area contributed by atoms with E-state index in [0.717, 1.165) is 34.4 Å².